The Morgan fingerprint density at radius 2 is 1.04 bits per heavy atom. The van der Waals surface area contributed by atoms with Gasteiger partial charge in [0.2, 0.25) is 0 Å². The second-order valence-electron chi connectivity index (χ2n) is 6.52. The van der Waals surface area contributed by atoms with Crippen LogP contribution in [0.25, 0.3) is 0 Å². The van der Waals surface area contributed by atoms with Gasteiger partial charge in [-0.25, -0.2) is 0 Å². The fourth-order valence-electron chi connectivity index (χ4n) is 2.82. The van der Waals surface area contributed by atoms with Crippen LogP contribution in [0.15, 0.2) is 0 Å². The zero-order chi connectivity index (χ0) is 17.2. The molecule has 147 valence electrons. The Kier molecular flexibility index (Phi) is 22.9. The zero-order valence-electron chi connectivity index (χ0n) is 15.4. The van der Waals surface area contributed by atoms with Crippen LogP contribution < -0.4 is 0 Å². The molecule has 0 bridgehead atoms. The maximum Gasteiger partial charge on any atom is 0.709 e. The van der Waals surface area contributed by atoms with Gasteiger partial charge in [-0.1, -0.05) is 96.8 Å². The van der Waals surface area contributed by atoms with Gasteiger partial charge < -0.3 is 14.7 Å². The van der Waals surface area contributed by atoms with Crippen molar-refractivity contribution >= 4 is 13.3 Å². The minimum atomic E-state index is -1.97. The molecule has 0 aliphatic carbocycles. The van der Waals surface area contributed by atoms with Crippen molar-refractivity contribution in [3.05, 3.63) is 0 Å². The van der Waals surface area contributed by atoms with E-state index in [1.807, 2.05) is 0 Å². The minimum Gasteiger partial charge on any atom is -0.485 e. The van der Waals surface area contributed by atoms with Gasteiger partial charge in [-0.3, -0.25) is 4.79 Å². The zero-order valence-corrected chi connectivity index (χ0v) is 16.3. The molecule has 0 aromatic carbocycles. The number of carbonyl (C=O) groups is 1. The average molecular weight is 392 g/mol. The van der Waals surface area contributed by atoms with Crippen LogP contribution in [0.4, 0.5) is 0 Å². The van der Waals surface area contributed by atoms with Gasteiger partial charge in [-0.2, -0.15) is 0 Å². The second kappa shape index (κ2) is 21.0. The van der Waals surface area contributed by atoms with Crippen LogP contribution >= 0.6 is 0 Å². The molecule has 0 atom stereocenters. The predicted molar refractivity (Wildman–Crippen MR) is 95.8 cm³/mol. The molecule has 4 nitrogen and oxygen atoms in total. The molecule has 0 spiro atoms. The fourth-order valence-corrected chi connectivity index (χ4v) is 2.82. The SMILES string of the molecule is CCCCCCCCCCCCCCCCCC(=O)OB(O)O.[Cu]. The third-order valence-electron chi connectivity index (χ3n) is 4.22. The Morgan fingerprint density at radius 1 is 0.708 bits per heavy atom. The molecule has 6 heteroatoms. The molecule has 24 heavy (non-hydrogen) atoms. The molecule has 0 rings (SSSR count). The summed E-state index contributed by atoms with van der Waals surface area (Å²) >= 11 is 0. The molecule has 1 radical (unpaired) electrons. The van der Waals surface area contributed by atoms with Gasteiger partial charge in [0, 0.05) is 23.5 Å². The van der Waals surface area contributed by atoms with E-state index in [2.05, 4.69) is 11.6 Å². The smallest absolute Gasteiger partial charge is 0.485 e. The van der Waals surface area contributed by atoms with E-state index in [-0.39, 0.29) is 23.5 Å². The van der Waals surface area contributed by atoms with Crippen LogP contribution in [0.3, 0.4) is 0 Å². The Labute approximate surface area is 159 Å². The molecule has 0 fully saturated rings. The standard InChI is InChI=1S/C18H37BO4.Cu/c1-2-3-4-5-6-7-8-9-10-11-12-13-14-15-16-17-18(20)23-19(21)22;/h21-22H,2-17H2,1H3;. The molecule has 0 amide bonds. The van der Waals surface area contributed by atoms with Crippen LogP contribution in [-0.4, -0.2) is 23.3 Å². The van der Waals surface area contributed by atoms with Crippen molar-refractivity contribution in [3.63, 3.8) is 0 Å². The molecule has 0 aromatic rings. The van der Waals surface area contributed by atoms with E-state index in [1.165, 1.54) is 77.0 Å². The van der Waals surface area contributed by atoms with E-state index in [0.29, 0.717) is 0 Å². The summed E-state index contributed by atoms with van der Waals surface area (Å²) in [5, 5.41) is 16.9. The number of carbonyl (C=O) groups excluding carboxylic acids is 1. The summed E-state index contributed by atoms with van der Waals surface area (Å²) in [4.78, 5) is 11.0. The molecular formula is C18H37BCuO4. The van der Waals surface area contributed by atoms with Crippen molar-refractivity contribution in [2.75, 3.05) is 0 Å². The van der Waals surface area contributed by atoms with E-state index in [9.17, 15) is 4.79 Å². The molecule has 0 aliphatic rings. The number of hydrogen-bond donors (Lipinski definition) is 2. The Balaban J connectivity index is 0. The first kappa shape index (κ1) is 26.2. The summed E-state index contributed by atoms with van der Waals surface area (Å²) in [5.41, 5.74) is 0. The minimum absolute atomic E-state index is 0. The molecule has 0 heterocycles. The van der Waals surface area contributed by atoms with Crippen LogP contribution in [0.2, 0.25) is 0 Å². The first-order valence-electron chi connectivity index (χ1n) is 9.72. The molecule has 2 N–H and O–H groups in total. The van der Waals surface area contributed by atoms with Gasteiger partial charge in [0.15, 0.2) is 0 Å². The third-order valence-corrected chi connectivity index (χ3v) is 4.22. The van der Waals surface area contributed by atoms with Crippen LogP contribution in [0.1, 0.15) is 110 Å². The third kappa shape index (κ3) is 22.0. The van der Waals surface area contributed by atoms with E-state index in [1.54, 1.807) is 0 Å². The molecular weight excluding hydrogens is 355 g/mol. The van der Waals surface area contributed by atoms with E-state index < -0.39 is 13.3 Å². The summed E-state index contributed by atoms with van der Waals surface area (Å²) in [6.07, 6.45) is 19.5. The first-order chi connectivity index (χ1) is 11.2. The maximum atomic E-state index is 11.0. The number of unbranched alkanes of at least 4 members (excludes halogenated alkanes) is 14. The van der Waals surface area contributed by atoms with Gasteiger partial charge >= 0.3 is 7.32 Å². The van der Waals surface area contributed by atoms with Crippen molar-refractivity contribution < 1.29 is 36.6 Å². The quantitative estimate of drug-likeness (QED) is 0.277. The maximum absolute atomic E-state index is 11.0. The largest absolute Gasteiger partial charge is 0.709 e. The van der Waals surface area contributed by atoms with Gasteiger partial charge in [0.05, 0.1) is 0 Å². The second-order valence-corrected chi connectivity index (χ2v) is 6.52. The van der Waals surface area contributed by atoms with Crippen LogP contribution in [0, 0.1) is 0 Å². The summed E-state index contributed by atoms with van der Waals surface area (Å²) < 4.78 is 4.24. The molecule has 0 aliphatic heterocycles. The average Bonchev–Trinajstić information content (AvgIpc) is 2.50. The van der Waals surface area contributed by atoms with Crippen molar-refractivity contribution in [2.24, 2.45) is 0 Å². The Hall–Kier alpha value is -0.0256. The summed E-state index contributed by atoms with van der Waals surface area (Å²) in [6.45, 7) is 2.26. The van der Waals surface area contributed by atoms with E-state index in [4.69, 9.17) is 10.0 Å². The normalized spacial score (nSPS) is 10.3. The fraction of sp³-hybridized carbons (Fsp3) is 0.944. The molecule has 0 saturated heterocycles. The van der Waals surface area contributed by atoms with Gasteiger partial charge in [-0.15, -0.1) is 0 Å². The molecule has 0 unspecified atom stereocenters. The van der Waals surface area contributed by atoms with E-state index >= 15 is 0 Å². The van der Waals surface area contributed by atoms with Gasteiger partial charge in [0.1, 0.15) is 0 Å². The van der Waals surface area contributed by atoms with Crippen molar-refractivity contribution in [1.82, 2.24) is 0 Å². The van der Waals surface area contributed by atoms with Crippen molar-refractivity contribution in [2.45, 2.75) is 110 Å². The van der Waals surface area contributed by atoms with Crippen LogP contribution in [-0.2, 0) is 26.5 Å². The number of hydrogen-bond acceptors (Lipinski definition) is 4. The van der Waals surface area contributed by atoms with Crippen molar-refractivity contribution in [1.29, 1.82) is 0 Å². The summed E-state index contributed by atoms with van der Waals surface area (Å²) in [5.74, 6) is -0.533. The van der Waals surface area contributed by atoms with Gasteiger partial charge in [0.25, 0.3) is 5.97 Å². The first-order valence-corrected chi connectivity index (χ1v) is 9.72. The Morgan fingerprint density at radius 3 is 1.38 bits per heavy atom. The van der Waals surface area contributed by atoms with E-state index in [0.717, 1.165) is 19.3 Å². The molecule has 0 saturated carbocycles. The number of rotatable bonds is 17. The summed E-state index contributed by atoms with van der Waals surface area (Å²) in [7, 11) is -1.97. The predicted octanol–water partition coefficient (Wildman–Crippen LogP) is 4.76. The molecule has 0 aromatic heterocycles. The van der Waals surface area contributed by atoms with Gasteiger partial charge in [-0.05, 0) is 6.42 Å². The monoisotopic (exact) mass is 391 g/mol. The van der Waals surface area contributed by atoms with Crippen LogP contribution in [0.5, 0.6) is 0 Å². The Bertz CT molecular complexity index is 265. The topological polar surface area (TPSA) is 66.8 Å². The summed E-state index contributed by atoms with van der Waals surface area (Å²) in [6, 6.07) is 0. The van der Waals surface area contributed by atoms with Crippen molar-refractivity contribution in [3.8, 4) is 0 Å².